The summed E-state index contributed by atoms with van der Waals surface area (Å²) in [4.78, 5) is 8.90. The molecule has 0 atom stereocenters. The standard InChI is InChI=1S/C15H19ClN6S2/c1-23-15-20-19-13(24-15)10-18-14(17)22-8-6-21(7-9-22)12-4-2-11(16)3-5-12/h2-5H,6-10H2,1H3,(H2,17,18). The van der Waals surface area contributed by atoms with Gasteiger partial charge in [0.15, 0.2) is 10.3 Å². The lowest BCUT2D eigenvalue weighted by Crippen LogP contribution is -2.51. The minimum absolute atomic E-state index is 0.488. The molecule has 2 N–H and O–H groups in total. The predicted octanol–water partition coefficient (Wildman–Crippen LogP) is 2.55. The van der Waals surface area contributed by atoms with Crippen LogP contribution < -0.4 is 10.6 Å². The zero-order chi connectivity index (χ0) is 16.9. The van der Waals surface area contributed by atoms with E-state index < -0.39 is 0 Å². The van der Waals surface area contributed by atoms with Gasteiger partial charge in [0, 0.05) is 36.9 Å². The molecule has 0 spiro atoms. The van der Waals surface area contributed by atoms with Crippen LogP contribution in [0.15, 0.2) is 33.6 Å². The van der Waals surface area contributed by atoms with Gasteiger partial charge in [0.25, 0.3) is 0 Å². The first kappa shape index (κ1) is 17.3. The number of anilines is 1. The van der Waals surface area contributed by atoms with Crippen molar-refractivity contribution in [3.05, 3.63) is 34.3 Å². The van der Waals surface area contributed by atoms with E-state index in [9.17, 15) is 0 Å². The Morgan fingerprint density at radius 1 is 1.25 bits per heavy atom. The first-order chi connectivity index (χ1) is 11.7. The lowest BCUT2D eigenvalue weighted by Gasteiger charge is -2.36. The van der Waals surface area contributed by atoms with Crippen LogP contribution in [0.5, 0.6) is 0 Å². The number of aromatic nitrogens is 2. The summed E-state index contributed by atoms with van der Waals surface area (Å²) in [5.41, 5.74) is 7.32. The molecule has 1 saturated heterocycles. The fourth-order valence-corrected chi connectivity index (χ4v) is 3.84. The molecule has 2 aromatic rings. The largest absolute Gasteiger partial charge is 0.370 e. The lowest BCUT2D eigenvalue weighted by molar-refractivity contribution is 0.380. The molecule has 2 heterocycles. The molecular weight excluding hydrogens is 364 g/mol. The summed E-state index contributed by atoms with van der Waals surface area (Å²) in [5.74, 6) is 0.576. The Kier molecular flexibility index (Phi) is 5.80. The average Bonchev–Trinajstić information content (AvgIpc) is 3.09. The van der Waals surface area contributed by atoms with E-state index in [-0.39, 0.29) is 0 Å². The van der Waals surface area contributed by atoms with Crippen molar-refractivity contribution in [2.75, 3.05) is 37.3 Å². The third kappa shape index (κ3) is 4.31. The van der Waals surface area contributed by atoms with Crippen LogP contribution in [0.1, 0.15) is 5.01 Å². The van der Waals surface area contributed by atoms with Crippen molar-refractivity contribution < 1.29 is 0 Å². The minimum Gasteiger partial charge on any atom is -0.370 e. The summed E-state index contributed by atoms with van der Waals surface area (Å²) >= 11 is 9.10. The molecule has 0 bridgehead atoms. The van der Waals surface area contributed by atoms with E-state index in [0.717, 1.165) is 40.5 Å². The maximum atomic E-state index is 6.13. The van der Waals surface area contributed by atoms with Crippen LogP contribution in [0.2, 0.25) is 5.02 Å². The minimum atomic E-state index is 0.488. The second-order valence-electron chi connectivity index (χ2n) is 5.29. The van der Waals surface area contributed by atoms with Crippen molar-refractivity contribution in [1.29, 1.82) is 0 Å². The first-order valence-corrected chi connectivity index (χ1v) is 9.99. The van der Waals surface area contributed by atoms with E-state index in [4.69, 9.17) is 17.3 Å². The summed E-state index contributed by atoms with van der Waals surface area (Å²) in [7, 11) is 0. The third-order valence-corrected chi connectivity index (χ3v) is 5.93. The Hall–Kier alpha value is -1.51. The van der Waals surface area contributed by atoms with Gasteiger partial charge in [-0.05, 0) is 30.5 Å². The maximum Gasteiger partial charge on any atom is 0.191 e. The van der Waals surface area contributed by atoms with Gasteiger partial charge in [-0.3, -0.25) is 0 Å². The van der Waals surface area contributed by atoms with Crippen molar-refractivity contribution in [3.8, 4) is 0 Å². The highest BCUT2D eigenvalue weighted by Gasteiger charge is 2.18. The summed E-state index contributed by atoms with van der Waals surface area (Å²) in [5, 5.41) is 9.83. The number of nitrogens with two attached hydrogens (primary N) is 1. The summed E-state index contributed by atoms with van der Waals surface area (Å²) < 4.78 is 0.954. The monoisotopic (exact) mass is 382 g/mol. The van der Waals surface area contributed by atoms with Crippen LogP contribution in [0.3, 0.4) is 0 Å². The van der Waals surface area contributed by atoms with E-state index in [0.29, 0.717) is 12.5 Å². The van der Waals surface area contributed by atoms with Gasteiger partial charge in [0.2, 0.25) is 0 Å². The van der Waals surface area contributed by atoms with Crippen LogP contribution >= 0.6 is 34.7 Å². The number of hydrogen-bond acceptors (Lipinski definition) is 6. The number of benzene rings is 1. The number of rotatable bonds is 4. The van der Waals surface area contributed by atoms with Crippen molar-refractivity contribution in [1.82, 2.24) is 15.1 Å². The quantitative estimate of drug-likeness (QED) is 0.497. The number of nitrogens with zero attached hydrogens (tertiary/aromatic N) is 5. The normalized spacial score (nSPS) is 15.8. The van der Waals surface area contributed by atoms with Gasteiger partial charge in [-0.1, -0.05) is 34.7 Å². The fourth-order valence-electron chi connectivity index (χ4n) is 2.48. The van der Waals surface area contributed by atoms with Crippen molar-refractivity contribution >= 4 is 46.3 Å². The average molecular weight is 383 g/mol. The molecule has 0 unspecified atom stereocenters. The van der Waals surface area contributed by atoms with Gasteiger partial charge >= 0.3 is 0 Å². The van der Waals surface area contributed by atoms with Crippen molar-refractivity contribution in [2.24, 2.45) is 10.7 Å². The van der Waals surface area contributed by atoms with Crippen molar-refractivity contribution in [3.63, 3.8) is 0 Å². The van der Waals surface area contributed by atoms with Gasteiger partial charge in [0.05, 0.1) is 6.54 Å². The summed E-state index contributed by atoms with van der Waals surface area (Å²) in [6, 6.07) is 7.94. The second-order valence-corrected chi connectivity index (χ2v) is 7.84. The van der Waals surface area contributed by atoms with Gasteiger partial charge < -0.3 is 15.5 Å². The Balaban J connectivity index is 1.53. The van der Waals surface area contributed by atoms with E-state index in [2.05, 4.69) is 25.0 Å². The van der Waals surface area contributed by atoms with E-state index in [1.807, 2.05) is 30.5 Å². The molecule has 9 heteroatoms. The molecule has 0 saturated carbocycles. The van der Waals surface area contributed by atoms with Gasteiger partial charge in [0.1, 0.15) is 5.01 Å². The van der Waals surface area contributed by atoms with Crippen LogP contribution in [0, 0.1) is 0 Å². The van der Waals surface area contributed by atoms with Crippen LogP contribution in [-0.2, 0) is 6.54 Å². The summed E-state index contributed by atoms with van der Waals surface area (Å²) in [6.45, 7) is 4.01. The van der Waals surface area contributed by atoms with Crippen molar-refractivity contribution in [2.45, 2.75) is 10.9 Å². The Labute approximate surface area is 154 Å². The molecule has 0 aliphatic carbocycles. The van der Waals surface area contributed by atoms with Crippen LogP contribution in [0.25, 0.3) is 0 Å². The van der Waals surface area contributed by atoms with E-state index in [1.54, 1.807) is 23.1 Å². The molecule has 1 aliphatic heterocycles. The Morgan fingerprint density at radius 2 is 1.96 bits per heavy atom. The van der Waals surface area contributed by atoms with Gasteiger partial charge in [-0.25, -0.2) is 4.99 Å². The molecule has 128 valence electrons. The first-order valence-electron chi connectivity index (χ1n) is 7.57. The highest BCUT2D eigenvalue weighted by atomic mass is 35.5. The number of piperazine rings is 1. The van der Waals surface area contributed by atoms with Crippen LogP contribution in [0.4, 0.5) is 5.69 Å². The highest BCUT2D eigenvalue weighted by Crippen LogP contribution is 2.21. The molecule has 0 amide bonds. The molecule has 1 fully saturated rings. The number of hydrogen-bond donors (Lipinski definition) is 1. The number of thioether (sulfide) groups is 1. The van der Waals surface area contributed by atoms with Gasteiger partial charge in [-0.2, -0.15) is 0 Å². The summed E-state index contributed by atoms with van der Waals surface area (Å²) in [6.07, 6.45) is 1.99. The molecule has 0 radical (unpaired) electrons. The topological polar surface area (TPSA) is 70.6 Å². The van der Waals surface area contributed by atoms with E-state index in [1.165, 1.54) is 5.69 Å². The smallest absolute Gasteiger partial charge is 0.191 e. The molecule has 6 nitrogen and oxygen atoms in total. The number of halogens is 1. The molecular formula is C15H19ClN6S2. The molecule has 1 aliphatic rings. The molecule has 24 heavy (non-hydrogen) atoms. The number of guanidine groups is 1. The zero-order valence-corrected chi connectivity index (χ0v) is 15.7. The Bertz CT molecular complexity index is 694. The number of aliphatic imine (C=N–C) groups is 1. The van der Waals surface area contributed by atoms with Gasteiger partial charge in [-0.15, -0.1) is 10.2 Å². The Morgan fingerprint density at radius 3 is 2.58 bits per heavy atom. The third-order valence-electron chi connectivity index (χ3n) is 3.79. The highest BCUT2D eigenvalue weighted by molar-refractivity contribution is 8.00. The maximum absolute atomic E-state index is 6.13. The van der Waals surface area contributed by atoms with Crippen LogP contribution in [-0.4, -0.2) is 53.5 Å². The molecule has 3 rings (SSSR count). The zero-order valence-electron chi connectivity index (χ0n) is 13.4. The molecule has 1 aromatic carbocycles. The fraction of sp³-hybridized carbons (Fsp3) is 0.400. The SMILES string of the molecule is CSc1nnc(CN=C(N)N2CCN(c3ccc(Cl)cc3)CC2)s1. The lowest BCUT2D eigenvalue weighted by atomic mass is 10.2. The molecule has 1 aromatic heterocycles. The second kappa shape index (κ2) is 8.04. The predicted molar refractivity (Wildman–Crippen MR) is 102 cm³/mol. The van der Waals surface area contributed by atoms with E-state index >= 15 is 0 Å².